The molecule has 2 fully saturated rings. The summed E-state index contributed by atoms with van der Waals surface area (Å²) in [6.07, 6.45) is 46.9. The Bertz CT molecular complexity index is 2510. The van der Waals surface area contributed by atoms with Gasteiger partial charge in [0.25, 0.3) is 0 Å². The summed E-state index contributed by atoms with van der Waals surface area (Å²) in [7, 11) is -5.58. The molecule has 0 radical (unpaired) electrons. The third-order valence-corrected chi connectivity index (χ3v) is 24.6. The van der Waals surface area contributed by atoms with Crippen LogP contribution in [-0.2, 0) is 71.0 Å². The molecule has 2 aliphatic heterocycles. The van der Waals surface area contributed by atoms with Gasteiger partial charge < -0.3 is 74.0 Å². The Kier molecular flexibility index (Phi) is 72.2. The lowest BCUT2D eigenvalue weighted by Gasteiger charge is -2.46. The fourth-order valence-corrected chi connectivity index (χ4v) is 17.3. The molecule has 24 heteroatoms. The van der Waals surface area contributed by atoms with Gasteiger partial charge in [-0.25, -0.2) is 4.57 Å². The number of hydrogen-bond donors (Lipinski definition) is 8. The zero-order valence-electron chi connectivity index (χ0n) is 77.0. The minimum absolute atomic E-state index is 0.124. The quantitative estimate of drug-likeness (QED) is 0.0121. The number of unbranched alkanes of at least 4 members (excludes halogenated alkanes) is 54. The van der Waals surface area contributed by atoms with E-state index in [0.717, 1.165) is 173 Å². The van der Waals surface area contributed by atoms with E-state index in [-0.39, 0.29) is 32.1 Å². The van der Waals surface area contributed by atoms with Crippen molar-refractivity contribution in [3.05, 3.63) is 0 Å². The highest BCUT2D eigenvalue weighted by Crippen LogP contribution is 2.43. The van der Waals surface area contributed by atoms with Gasteiger partial charge in [-0.3, -0.25) is 33.3 Å². The molecular formula is C96H181N2O21P. The maximum atomic E-state index is 15.0. The summed E-state index contributed by atoms with van der Waals surface area (Å²) in [6.45, 7) is 11.4. The summed E-state index contributed by atoms with van der Waals surface area (Å²) >= 11 is 0. The van der Waals surface area contributed by atoms with Gasteiger partial charge in [-0.1, -0.05) is 388 Å². The number of hydrogen-bond acceptors (Lipinski definition) is 19. The molecule has 8 N–H and O–H groups in total. The number of carbonyl (C=O) groups is 6. The maximum Gasteiger partial charge on any atom is 0.470 e. The number of esters is 4. The van der Waals surface area contributed by atoms with Gasteiger partial charge in [-0.15, -0.1) is 0 Å². The number of rotatable bonds is 84. The van der Waals surface area contributed by atoms with Crippen LogP contribution in [0.15, 0.2) is 0 Å². The number of aliphatic hydroxyl groups is 4. The lowest BCUT2D eigenvalue weighted by molar-refractivity contribution is -0.297. The number of nitrogens with one attached hydrogen (secondary N) is 2. The van der Waals surface area contributed by atoms with Crippen LogP contribution in [0.1, 0.15) is 485 Å². The summed E-state index contributed by atoms with van der Waals surface area (Å²) in [5, 5.41) is 51.8. The molecule has 1 unspecified atom stereocenters. The average molecular weight is 1730 g/mol. The largest absolute Gasteiger partial charge is 0.470 e. The predicted molar refractivity (Wildman–Crippen MR) is 478 cm³/mol. The molecule has 0 saturated carbocycles. The van der Waals surface area contributed by atoms with Crippen LogP contribution in [-0.4, -0.2) is 159 Å². The van der Waals surface area contributed by atoms with Crippen molar-refractivity contribution in [1.82, 2.24) is 10.6 Å². The third kappa shape index (κ3) is 60.3. The molecule has 2 aliphatic rings. The summed E-state index contributed by atoms with van der Waals surface area (Å²) in [5.74, 6) is -3.85. The summed E-state index contributed by atoms with van der Waals surface area (Å²) in [6, 6.07) is -3.37. The molecule has 2 heterocycles. The van der Waals surface area contributed by atoms with Crippen molar-refractivity contribution in [3.63, 3.8) is 0 Å². The van der Waals surface area contributed by atoms with E-state index in [1.165, 1.54) is 173 Å². The average Bonchev–Trinajstić information content (AvgIpc) is 0.773. The highest BCUT2D eigenvalue weighted by molar-refractivity contribution is 7.46. The highest BCUT2D eigenvalue weighted by Gasteiger charge is 2.53. The van der Waals surface area contributed by atoms with Crippen molar-refractivity contribution in [1.29, 1.82) is 0 Å². The second kappa shape index (κ2) is 76.8. The third-order valence-electron chi connectivity index (χ3n) is 24.1. The molecule has 0 aliphatic carbocycles. The topological polar surface area (TPSA) is 339 Å². The van der Waals surface area contributed by atoms with E-state index in [0.29, 0.717) is 51.4 Å². The van der Waals surface area contributed by atoms with E-state index in [4.69, 9.17) is 37.7 Å². The molecule has 2 amide bonds. The Morgan fingerprint density at radius 3 is 0.900 bits per heavy atom. The Morgan fingerprint density at radius 1 is 0.333 bits per heavy atom. The minimum atomic E-state index is -5.58. The van der Waals surface area contributed by atoms with Crippen molar-refractivity contribution in [2.45, 2.75) is 564 Å². The van der Waals surface area contributed by atoms with Crippen LogP contribution >= 0.6 is 7.82 Å². The van der Waals surface area contributed by atoms with Gasteiger partial charge in [0, 0.05) is 19.3 Å². The molecule has 0 aromatic heterocycles. The Hall–Kier alpha value is -3.35. The maximum absolute atomic E-state index is 15.0. The molecule has 120 heavy (non-hydrogen) atoms. The van der Waals surface area contributed by atoms with Gasteiger partial charge in [0.2, 0.25) is 11.8 Å². The van der Waals surface area contributed by atoms with Gasteiger partial charge in [0.15, 0.2) is 18.7 Å². The minimum Gasteiger partial charge on any atom is -0.462 e. The number of ether oxygens (including phenoxy) is 7. The van der Waals surface area contributed by atoms with Gasteiger partial charge >= 0.3 is 31.7 Å². The molecular weight excluding hydrogens is 1550 g/mol. The predicted octanol–water partition coefficient (Wildman–Crippen LogP) is 22.3. The van der Waals surface area contributed by atoms with Crippen LogP contribution in [0.5, 0.6) is 0 Å². The number of amides is 2. The van der Waals surface area contributed by atoms with E-state index in [9.17, 15) is 63.5 Å². The number of carbonyl (C=O) groups excluding carboxylic acids is 6. The van der Waals surface area contributed by atoms with Crippen molar-refractivity contribution in [2.24, 2.45) is 0 Å². The summed E-state index contributed by atoms with van der Waals surface area (Å²) in [5.41, 5.74) is 0. The first-order chi connectivity index (χ1) is 58.2. The first-order valence-electron chi connectivity index (χ1n) is 49.9. The molecule has 0 spiro atoms. The van der Waals surface area contributed by atoms with Crippen molar-refractivity contribution in [2.75, 3.05) is 13.2 Å². The fourth-order valence-electron chi connectivity index (χ4n) is 16.7. The van der Waals surface area contributed by atoms with Crippen LogP contribution in [0.3, 0.4) is 0 Å². The zero-order chi connectivity index (χ0) is 87.7. The van der Waals surface area contributed by atoms with Gasteiger partial charge in [0.05, 0.1) is 32.5 Å². The summed E-state index contributed by atoms with van der Waals surface area (Å²) in [4.78, 5) is 106. The molecule has 2 rings (SSSR count). The normalized spacial score (nSPS) is 20.2. The van der Waals surface area contributed by atoms with Crippen LogP contribution in [0.2, 0.25) is 0 Å². The second-order valence-electron chi connectivity index (χ2n) is 35.5. The standard InChI is InChI=1S/C96H181N2O21P/c1-7-13-19-25-31-36-40-45-51-56-62-67-78(113-85(102)70-64-58-52-46-41-37-32-26-20-14-8-2)73-83(100)97-89-92(107)91(106)82(116-95(89)108)77-112-96-90(98-84(101)74-79(68-61-55-49-30-24-18-12-6)114-86(103)71-65-59-53-47-42-38-33-27-21-15-9-3)94(93(81(76-99)117-96)119-120(109,110)111)118-88(105)75-80(69-63-57-50-44-35-29-23-17-11-5)115-87(104)72-66-60-54-48-43-39-34-28-22-16-10-4/h78-82,89-96,99,106-108H,7-77H2,1-6H3,(H,97,100)(H,98,101)(H2,109,110,111)/t78-,79-,80-,81-,82-,89-,90-,91-,92-,93-,94-,95?,96-/m1/s1. The van der Waals surface area contributed by atoms with Crippen LogP contribution in [0.4, 0.5) is 0 Å². The number of aliphatic hydroxyl groups excluding tert-OH is 4. The summed E-state index contributed by atoms with van der Waals surface area (Å²) < 4.78 is 61.4. The first kappa shape index (κ1) is 113. The lowest BCUT2D eigenvalue weighted by atomic mass is 9.95. The highest BCUT2D eigenvalue weighted by atomic mass is 31.2. The molecule has 2 saturated heterocycles. The Labute approximate surface area is 729 Å². The fraction of sp³-hybridized carbons (Fsp3) is 0.938. The molecule has 0 bridgehead atoms. The zero-order valence-corrected chi connectivity index (χ0v) is 77.9. The van der Waals surface area contributed by atoms with E-state index < -0.39 is 149 Å². The molecule has 0 aromatic rings. The SMILES string of the molecule is CCCCCCCCCCCCCC(=O)O[C@H](CCCCCCCCC)CC(=O)N[C@H]1[C@H](OC[C@H]2OC(O)[C@H](NC(=O)C[C@@H](CCCCCCCCCCCCC)OC(=O)CCCCCCCCCCCCC)[C@@H](O)[C@@H]2O)O[C@H](CO)[C@@H](OP(=O)(O)O)[C@@H]1OC(=O)C[C@@H](CCCCCCCCCCC)OC(=O)CCCCCCCCCCCCC. The molecule has 13 atom stereocenters. The van der Waals surface area contributed by atoms with E-state index in [1.807, 2.05) is 0 Å². The van der Waals surface area contributed by atoms with Crippen LogP contribution in [0, 0.1) is 0 Å². The molecule has 23 nitrogen and oxygen atoms in total. The van der Waals surface area contributed by atoms with E-state index in [1.54, 1.807) is 0 Å². The smallest absolute Gasteiger partial charge is 0.462 e. The Balaban J connectivity index is 2.56. The van der Waals surface area contributed by atoms with Crippen LogP contribution < -0.4 is 10.6 Å². The van der Waals surface area contributed by atoms with Gasteiger partial charge in [-0.2, -0.15) is 0 Å². The first-order valence-corrected chi connectivity index (χ1v) is 51.4. The number of phosphoric acid groups is 1. The van der Waals surface area contributed by atoms with Crippen molar-refractivity contribution in [3.8, 4) is 0 Å². The number of phosphoric ester groups is 1. The monoisotopic (exact) mass is 1730 g/mol. The second-order valence-corrected chi connectivity index (χ2v) is 36.7. The van der Waals surface area contributed by atoms with E-state index in [2.05, 4.69) is 52.2 Å². The van der Waals surface area contributed by atoms with Gasteiger partial charge in [-0.05, 0) is 57.8 Å². The van der Waals surface area contributed by atoms with Crippen molar-refractivity contribution >= 4 is 43.5 Å². The Morgan fingerprint density at radius 2 is 0.608 bits per heavy atom. The lowest BCUT2D eigenvalue weighted by Crippen LogP contribution is -2.67. The molecule has 0 aromatic carbocycles. The van der Waals surface area contributed by atoms with E-state index >= 15 is 0 Å². The van der Waals surface area contributed by atoms with Gasteiger partial charge in [0.1, 0.15) is 60.9 Å². The molecule has 706 valence electrons. The van der Waals surface area contributed by atoms with Crippen LogP contribution in [0.25, 0.3) is 0 Å². The van der Waals surface area contributed by atoms with Crippen molar-refractivity contribution < 1.29 is 101 Å².